The van der Waals surface area contributed by atoms with E-state index >= 15 is 0 Å². The van der Waals surface area contributed by atoms with E-state index in [1.54, 1.807) is 0 Å². The van der Waals surface area contributed by atoms with Crippen LogP contribution in [0, 0.1) is 0 Å². The van der Waals surface area contributed by atoms with Gasteiger partial charge in [0.05, 0.1) is 0 Å². The average molecular weight is 1120 g/mol. The molecule has 0 aliphatic carbocycles. The fourth-order valence-electron chi connectivity index (χ4n) is 11.5. The number of nitrogens with zero attached hydrogens (tertiary/aromatic N) is 3. The third-order valence-corrected chi connectivity index (χ3v) is 19.9. The fraction of sp³-hybridized carbons (Fsp3) is 0.464. The summed E-state index contributed by atoms with van der Waals surface area (Å²) < 4.78 is 27.2. The van der Waals surface area contributed by atoms with Gasteiger partial charge in [0.2, 0.25) is 0 Å². The molecule has 0 saturated carbocycles. The minimum absolute atomic E-state index is 0.0975. The second-order valence-electron chi connectivity index (χ2n) is 21.7. The second-order valence-corrected chi connectivity index (χ2v) is 25.0. The van der Waals surface area contributed by atoms with E-state index in [-0.39, 0.29) is 14.5 Å². The first kappa shape index (κ1) is 56.4. The number of anilines is 3. The Labute approximate surface area is 472 Å². The molecule has 0 fully saturated rings. The first-order valence-electron chi connectivity index (χ1n) is 30.1. The Balaban J connectivity index is 1.00. The summed E-state index contributed by atoms with van der Waals surface area (Å²) in [5.74, 6) is 2.89. The van der Waals surface area contributed by atoms with E-state index in [0.29, 0.717) is 0 Å². The Kier molecular flexibility index (Phi) is 20.9. The van der Waals surface area contributed by atoms with Crippen LogP contribution in [-0.4, -0.2) is 55.7 Å². The number of rotatable bonds is 34. The van der Waals surface area contributed by atoms with E-state index in [1.807, 2.05) is 11.3 Å². The van der Waals surface area contributed by atoms with Gasteiger partial charge in [0, 0.05) is 0 Å². The van der Waals surface area contributed by atoms with Crippen LogP contribution < -0.4 is 19.1 Å². The van der Waals surface area contributed by atoms with Crippen molar-refractivity contribution in [1.29, 1.82) is 0 Å². The van der Waals surface area contributed by atoms with Crippen LogP contribution >= 0.6 is 11.3 Å². The van der Waals surface area contributed by atoms with E-state index in [1.165, 1.54) is 190 Å². The normalized spacial score (nSPS) is 12.3. The SMILES string of the molecule is CCCCCCCCOc1ccc(N(c2ccc(OCCCCCCCC)cc2)c2ccc3c4[se]c(-c5sc(-c6ccc7c8c(cccc68)C(C)=[N+]7CCCCCCCC)cc5OCCCCCC)cc4n(C)c3c2)cc1. The predicted molar refractivity (Wildman–Crippen MR) is 334 cm³/mol. The molecule has 6 nitrogen and oxygen atoms in total. The Morgan fingerprint density at radius 3 is 1.66 bits per heavy atom. The molecule has 77 heavy (non-hydrogen) atoms. The molecule has 0 atom stereocenters. The van der Waals surface area contributed by atoms with Crippen LogP contribution in [0.5, 0.6) is 17.2 Å². The summed E-state index contributed by atoms with van der Waals surface area (Å²) in [4.78, 5) is 4.96. The van der Waals surface area contributed by atoms with E-state index in [9.17, 15) is 0 Å². The van der Waals surface area contributed by atoms with Gasteiger partial charge in [-0.2, -0.15) is 0 Å². The van der Waals surface area contributed by atoms with Crippen LogP contribution in [0.15, 0.2) is 109 Å². The third kappa shape index (κ3) is 13.8. The molecule has 8 heteroatoms. The van der Waals surface area contributed by atoms with Gasteiger partial charge in [-0.3, -0.25) is 0 Å². The van der Waals surface area contributed by atoms with Gasteiger partial charge in [0.25, 0.3) is 0 Å². The van der Waals surface area contributed by atoms with E-state index in [0.717, 1.165) is 79.9 Å². The Morgan fingerprint density at radius 1 is 0.506 bits per heavy atom. The molecule has 3 aromatic heterocycles. The molecular formula is C69H88N3O3SSe+. The van der Waals surface area contributed by atoms with Crippen molar-refractivity contribution >= 4 is 85.8 Å². The molecule has 0 spiro atoms. The van der Waals surface area contributed by atoms with Crippen molar-refractivity contribution in [3.05, 3.63) is 115 Å². The van der Waals surface area contributed by atoms with Crippen molar-refractivity contribution in [2.75, 3.05) is 31.3 Å². The van der Waals surface area contributed by atoms with Crippen molar-refractivity contribution < 1.29 is 18.8 Å². The molecule has 4 heterocycles. The summed E-state index contributed by atoms with van der Waals surface area (Å²) in [6.07, 6.45) is 27.6. The molecule has 0 saturated heterocycles. The molecule has 0 unspecified atom stereocenters. The molecule has 1 aliphatic rings. The van der Waals surface area contributed by atoms with Crippen LogP contribution in [-0.2, 0) is 7.05 Å². The van der Waals surface area contributed by atoms with Gasteiger partial charge in [0.15, 0.2) is 0 Å². The molecular weight excluding hydrogens is 1030 g/mol. The van der Waals surface area contributed by atoms with Crippen molar-refractivity contribution in [3.63, 3.8) is 0 Å². The van der Waals surface area contributed by atoms with Crippen molar-refractivity contribution in [1.82, 2.24) is 4.57 Å². The van der Waals surface area contributed by atoms with Gasteiger partial charge in [-0.15, -0.1) is 0 Å². The van der Waals surface area contributed by atoms with Gasteiger partial charge in [0.1, 0.15) is 0 Å². The third-order valence-electron chi connectivity index (χ3n) is 15.9. The van der Waals surface area contributed by atoms with Crippen LogP contribution in [0.1, 0.15) is 181 Å². The molecule has 8 aromatic rings. The summed E-state index contributed by atoms with van der Waals surface area (Å²) >= 11 is 2.02. The summed E-state index contributed by atoms with van der Waals surface area (Å²) in [6, 6.07) is 41.1. The molecule has 0 amide bonds. The maximum absolute atomic E-state index is 6.84. The van der Waals surface area contributed by atoms with Crippen molar-refractivity contribution in [2.24, 2.45) is 7.05 Å². The van der Waals surface area contributed by atoms with Gasteiger partial charge in [-0.1, -0.05) is 111 Å². The van der Waals surface area contributed by atoms with Crippen LogP contribution in [0.3, 0.4) is 0 Å². The maximum atomic E-state index is 6.84. The Hall–Kier alpha value is -5.27. The topological polar surface area (TPSA) is 38.9 Å². The average Bonchev–Trinajstić information content (AvgIpc) is 4.41. The van der Waals surface area contributed by atoms with E-state index in [4.69, 9.17) is 14.2 Å². The van der Waals surface area contributed by atoms with Crippen molar-refractivity contribution in [3.8, 4) is 37.0 Å². The molecule has 1 aliphatic heterocycles. The molecule has 0 bridgehead atoms. The van der Waals surface area contributed by atoms with Gasteiger partial charge >= 0.3 is 352 Å². The monoisotopic (exact) mass is 1120 g/mol. The van der Waals surface area contributed by atoms with Crippen LogP contribution in [0.25, 0.3) is 51.2 Å². The molecule has 0 radical (unpaired) electrons. The quantitative estimate of drug-likeness (QED) is 0.0229. The first-order chi connectivity index (χ1) is 37.9. The van der Waals surface area contributed by atoms with Crippen LogP contribution in [0.2, 0.25) is 0 Å². The number of hydrogen-bond donors (Lipinski definition) is 0. The molecule has 5 aromatic carbocycles. The van der Waals surface area contributed by atoms with E-state index in [2.05, 4.69) is 165 Å². The number of aryl methyl sites for hydroxylation is 1. The zero-order valence-electron chi connectivity index (χ0n) is 47.7. The number of aromatic nitrogens is 1. The predicted octanol–water partition coefficient (Wildman–Crippen LogP) is 20.7. The summed E-state index contributed by atoms with van der Waals surface area (Å²) in [7, 11) is 2.25. The standard InChI is InChI=1S/C69H88N3O3SSe/c1-7-11-15-19-22-25-44-71-51(5)57-30-29-31-59-58(42-43-61(71)67(57)59)65-50-64(75-47-26-18-14-10-4)68(76-65)66-49-63-69(77-66)60-41-36-54(48-62(60)70(63)6)72(52-32-37-55(38-33-52)73-45-27-23-20-16-12-8-2)53-34-39-56(40-35-53)74-46-28-24-21-17-13-9-3/h29-43,48-50H,7-28,44-47H2,1-6H3/q+1. The number of unbranched alkanes of at least 4 members (excludes halogenated alkanes) is 18. The molecule has 408 valence electrons. The number of fused-ring (bicyclic) bond motifs is 3. The number of benzene rings is 5. The molecule has 9 rings (SSSR count). The summed E-state index contributed by atoms with van der Waals surface area (Å²) in [5, 5.41) is 4.08. The van der Waals surface area contributed by atoms with Gasteiger partial charge < -0.3 is 0 Å². The minimum atomic E-state index is 0.0975. The first-order valence-corrected chi connectivity index (χ1v) is 32.7. The molecule has 0 N–H and O–H groups in total. The number of ether oxygens (including phenoxy) is 3. The van der Waals surface area contributed by atoms with Crippen LogP contribution in [0.4, 0.5) is 22.7 Å². The Morgan fingerprint density at radius 2 is 1.05 bits per heavy atom. The summed E-state index contributed by atoms with van der Waals surface area (Å²) in [6.45, 7) is 14.8. The fourth-order valence-corrected chi connectivity index (χ4v) is 15.4. The van der Waals surface area contributed by atoms with Gasteiger partial charge in [-0.25, -0.2) is 0 Å². The second kappa shape index (κ2) is 28.6. The Bertz CT molecular complexity index is 3100. The zero-order valence-corrected chi connectivity index (χ0v) is 50.2. The number of thiophene rings is 1. The van der Waals surface area contributed by atoms with Gasteiger partial charge in [-0.05, 0) is 12.8 Å². The zero-order chi connectivity index (χ0) is 53.3. The number of hydrogen-bond acceptors (Lipinski definition) is 5. The summed E-state index contributed by atoms with van der Waals surface area (Å²) in [5.41, 5.74) is 11.3. The van der Waals surface area contributed by atoms with E-state index < -0.39 is 0 Å². The van der Waals surface area contributed by atoms with Crippen molar-refractivity contribution in [2.45, 2.75) is 176 Å².